The summed E-state index contributed by atoms with van der Waals surface area (Å²) in [5, 5.41) is 8.86. The molecule has 18 heavy (non-hydrogen) atoms. The highest BCUT2D eigenvalue weighted by Gasteiger charge is 2.11. The number of carboxylic acid groups (broad SMARTS) is 1. The first kappa shape index (κ1) is 12.6. The average Bonchev–Trinajstić information content (AvgIpc) is 2.61. The lowest BCUT2D eigenvalue weighted by Crippen LogP contribution is -2.10. The van der Waals surface area contributed by atoms with Crippen molar-refractivity contribution in [2.45, 2.75) is 26.7 Å². The fourth-order valence-corrected chi connectivity index (χ4v) is 2.03. The number of hydrogen-bond donors (Lipinski definition) is 1. The number of imidazole rings is 1. The van der Waals surface area contributed by atoms with Crippen molar-refractivity contribution in [2.75, 3.05) is 0 Å². The number of aliphatic carboxylic acids is 1. The molecule has 1 atom stereocenters. The number of rotatable bonds is 4. The molecule has 0 bridgehead atoms. The first-order valence-electron chi connectivity index (χ1n) is 6.14. The maximum absolute atomic E-state index is 10.8. The first-order valence-corrected chi connectivity index (χ1v) is 6.14. The van der Waals surface area contributed by atoms with E-state index < -0.39 is 5.97 Å². The molecule has 0 fully saturated rings. The van der Waals surface area contributed by atoms with Crippen LogP contribution >= 0.6 is 0 Å². The Hall–Kier alpha value is -1.84. The van der Waals surface area contributed by atoms with Crippen LogP contribution in [0.2, 0.25) is 0 Å². The minimum absolute atomic E-state index is 0.300. The zero-order chi connectivity index (χ0) is 13.3. The quantitative estimate of drug-likeness (QED) is 0.902. The molecule has 0 aliphatic heterocycles. The van der Waals surface area contributed by atoms with Gasteiger partial charge in [-0.25, -0.2) is 4.98 Å². The molecule has 4 nitrogen and oxygen atoms in total. The van der Waals surface area contributed by atoms with Crippen LogP contribution in [0, 0.1) is 12.8 Å². The second kappa shape index (κ2) is 4.80. The highest BCUT2D eigenvalue weighted by Crippen LogP contribution is 2.18. The zero-order valence-electron chi connectivity index (χ0n) is 11.0. The Morgan fingerprint density at radius 3 is 2.89 bits per heavy atom. The molecule has 4 heteroatoms. The van der Waals surface area contributed by atoms with Crippen LogP contribution < -0.4 is 0 Å². The molecule has 0 radical (unpaired) electrons. The second-order valence-corrected chi connectivity index (χ2v) is 4.82. The first-order chi connectivity index (χ1) is 8.49. The van der Waals surface area contributed by atoms with Gasteiger partial charge in [-0.15, -0.1) is 0 Å². The number of benzene rings is 1. The van der Waals surface area contributed by atoms with Gasteiger partial charge in [0, 0.05) is 7.05 Å². The number of carboxylic acids is 1. The van der Waals surface area contributed by atoms with E-state index in [-0.39, 0.29) is 5.92 Å². The molecule has 0 amide bonds. The molecule has 0 saturated heterocycles. The summed E-state index contributed by atoms with van der Waals surface area (Å²) in [4.78, 5) is 15.2. The topological polar surface area (TPSA) is 55.1 Å². The molecule has 1 aromatic carbocycles. The molecular formula is C14H18N2O2. The maximum atomic E-state index is 10.8. The fourth-order valence-electron chi connectivity index (χ4n) is 2.03. The van der Waals surface area contributed by atoms with Crippen LogP contribution in [0.5, 0.6) is 0 Å². The highest BCUT2D eigenvalue weighted by atomic mass is 16.4. The molecule has 1 unspecified atom stereocenters. The van der Waals surface area contributed by atoms with E-state index in [0.29, 0.717) is 6.42 Å². The Bertz CT molecular complexity index is 587. The van der Waals surface area contributed by atoms with Gasteiger partial charge >= 0.3 is 5.97 Å². The highest BCUT2D eigenvalue weighted by molar-refractivity contribution is 5.76. The summed E-state index contributed by atoms with van der Waals surface area (Å²) in [6.45, 7) is 3.72. The Labute approximate surface area is 106 Å². The molecule has 0 aliphatic rings. The van der Waals surface area contributed by atoms with E-state index >= 15 is 0 Å². The van der Waals surface area contributed by atoms with Crippen LogP contribution in [0.15, 0.2) is 18.2 Å². The lowest BCUT2D eigenvalue weighted by Gasteiger charge is -2.06. The van der Waals surface area contributed by atoms with E-state index in [1.165, 1.54) is 0 Å². The molecule has 0 aliphatic carbocycles. The third-order valence-electron chi connectivity index (χ3n) is 3.46. The number of hydrogen-bond acceptors (Lipinski definition) is 2. The average molecular weight is 246 g/mol. The molecule has 1 N–H and O–H groups in total. The van der Waals surface area contributed by atoms with E-state index in [0.717, 1.165) is 28.8 Å². The van der Waals surface area contributed by atoms with Crippen LogP contribution in [0.3, 0.4) is 0 Å². The molecule has 1 aromatic heterocycles. The molecular weight excluding hydrogens is 228 g/mol. The van der Waals surface area contributed by atoms with Crippen LogP contribution in [0.4, 0.5) is 0 Å². The standard InChI is InChI=1S/C14H18N2O2/c1-9(14(17)18)4-5-11-6-7-13-12(8-11)15-10(2)16(13)3/h6-9H,4-5H2,1-3H3,(H,17,18). The Morgan fingerprint density at radius 2 is 2.22 bits per heavy atom. The van der Waals surface area contributed by atoms with Gasteiger partial charge in [-0.05, 0) is 37.5 Å². The number of carbonyl (C=O) groups is 1. The van der Waals surface area contributed by atoms with Crippen LogP contribution in [0.25, 0.3) is 11.0 Å². The summed E-state index contributed by atoms with van der Waals surface area (Å²) in [5.74, 6) is -0.0445. The van der Waals surface area contributed by atoms with Gasteiger partial charge in [0.05, 0.1) is 17.0 Å². The van der Waals surface area contributed by atoms with E-state index in [1.54, 1.807) is 6.92 Å². The van der Waals surface area contributed by atoms with Crippen molar-refractivity contribution in [1.29, 1.82) is 0 Å². The van der Waals surface area contributed by atoms with Gasteiger partial charge in [0.2, 0.25) is 0 Å². The van der Waals surface area contributed by atoms with Gasteiger partial charge in [-0.1, -0.05) is 13.0 Å². The van der Waals surface area contributed by atoms with Crippen LogP contribution in [-0.4, -0.2) is 20.6 Å². The third-order valence-corrected chi connectivity index (χ3v) is 3.46. The largest absolute Gasteiger partial charge is 0.481 e. The summed E-state index contributed by atoms with van der Waals surface area (Å²) in [6.07, 6.45) is 1.44. The molecule has 0 spiro atoms. The monoisotopic (exact) mass is 246 g/mol. The van der Waals surface area contributed by atoms with Gasteiger partial charge < -0.3 is 9.67 Å². The van der Waals surface area contributed by atoms with Gasteiger partial charge in [0.15, 0.2) is 0 Å². The summed E-state index contributed by atoms with van der Waals surface area (Å²) in [6, 6.07) is 6.16. The molecule has 2 aromatic rings. The summed E-state index contributed by atoms with van der Waals surface area (Å²) < 4.78 is 2.05. The van der Waals surface area contributed by atoms with Crippen molar-refractivity contribution in [2.24, 2.45) is 13.0 Å². The van der Waals surface area contributed by atoms with Crippen molar-refractivity contribution in [3.05, 3.63) is 29.6 Å². The summed E-state index contributed by atoms with van der Waals surface area (Å²) in [7, 11) is 2.00. The lowest BCUT2D eigenvalue weighted by atomic mass is 10.0. The Balaban J connectivity index is 2.18. The minimum Gasteiger partial charge on any atom is -0.481 e. The SMILES string of the molecule is Cc1nc2cc(CCC(C)C(=O)O)ccc2n1C. The van der Waals surface area contributed by atoms with Gasteiger partial charge in [0.1, 0.15) is 5.82 Å². The lowest BCUT2D eigenvalue weighted by molar-refractivity contribution is -0.141. The number of aromatic nitrogens is 2. The van der Waals surface area contributed by atoms with Gasteiger partial charge in [-0.2, -0.15) is 0 Å². The van der Waals surface area contributed by atoms with Crippen molar-refractivity contribution < 1.29 is 9.90 Å². The number of fused-ring (bicyclic) bond motifs is 1. The van der Waals surface area contributed by atoms with E-state index in [4.69, 9.17) is 5.11 Å². The number of nitrogens with zero attached hydrogens (tertiary/aromatic N) is 2. The summed E-state index contributed by atoms with van der Waals surface area (Å²) in [5.41, 5.74) is 3.24. The Kier molecular flexibility index (Phi) is 3.36. The van der Waals surface area contributed by atoms with E-state index in [2.05, 4.69) is 27.8 Å². The van der Waals surface area contributed by atoms with Crippen LogP contribution in [-0.2, 0) is 18.3 Å². The maximum Gasteiger partial charge on any atom is 0.306 e. The zero-order valence-corrected chi connectivity index (χ0v) is 11.0. The second-order valence-electron chi connectivity index (χ2n) is 4.82. The molecule has 1 heterocycles. The van der Waals surface area contributed by atoms with Gasteiger partial charge in [0.25, 0.3) is 0 Å². The van der Waals surface area contributed by atoms with Crippen molar-refractivity contribution in [3.8, 4) is 0 Å². The van der Waals surface area contributed by atoms with E-state index in [1.807, 2.05) is 14.0 Å². The molecule has 96 valence electrons. The Morgan fingerprint density at radius 1 is 1.50 bits per heavy atom. The van der Waals surface area contributed by atoms with Crippen molar-refractivity contribution >= 4 is 17.0 Å². The smallest absolute Gasteiger partial charge is 0.306 e. The number of aryl methyl sites for hydroxylation is 3. The van der Waals surface area contributed by atoms with Crippen molar-refractivity contribution in [1.82, 2.24) is 9.55 Å². The predicted molar refractivity (Wildman–Crippen MR) is 70.6 cm³/mol. The molecule has 0 saturated carbocycles. The van der Waals surface area contributed by atoms with Crippen molar-refractivity contribution in [3.63, 3.8) is 0 Å². The minimum atomic E-state index is -0.732. The third kappa shape index (κ3) is 2.37. The molecule has 2 rings (SSSR count). The summed E-state index contributed by atoms with van der Waals surface area (Å²) >= 11 is 0. The normalized spacial score (nSPS) is 12.8. The van der Waals surface area contributed by atoms with Gasteiger partial charge in [-0.3, -0.25) is 4.79 Å². The van der Waals surface area contributed by atoms with Crippen LogP contribution in [0.1, 0.15) is 24.7 Å². The fraction of sp³-hybridized carbons (Fsp3) is 0.429. The van der Waals surface area contributed by atoms with E-state index in [9.17, 15) is 4.79 Å². The predicted octanol–water partition coefficient (Wildman–Crippen LogP) is 2.54.